The van der Waals surface area contributed by atoms with Gasteiger partial charge in [-0.05, 0) is 62.8 Å². The van der Waals surface area contributed by atoms with Crippen LogP contribution in [0, 0.1) is 13.8 Å². The van der Waals surface area contributed by atoms with Gasteiger partial charge in [-0.3, -0.25) is 0 Å². The maximum Gasteiger partial charge on any atom is 0.122 e. The Balaban J connectivity index is 2.79. The van der Waals surface area contributed by atoms with E-state index in [-0.39, 0.29) is 12.6 Å². The van der Waals surface area contributed by atoms with Crippen LogP contribution in [0.1, 0.15) is 48.9 Å². The molecular formula is C15H25NO2. The van der Waals surface area contributed by atoms with E-state index in [1.54, 1.807) is 0 Å². The molecule has 0 radical (unpaired) electrons. The smallest absolute Gasteiger partial charge is 0.122 e. The van der Waals surface area contributed by atoms with Crippen molar-refractivity contribution >= 4 is 0 Å². The molecule has 0 saturated heterocycles. The van der Waals surface area contributed by atoms with Gasteiger partial charge in [-0.2, -0.15) is 0 Å². The average Bonchev–Trinajstić information content (AvgIpc) is 2.34. The summed E-state index contributed by atoms with van der Waals surface area (Å²) in [7, 11) is 0. The molecule has 0 aliphatic rings. The van der Waals surface area contributed by atoms with E-state index in [0.29, 0.717) is 6.61 Å². The Morgan fingerprint density at radius 2 is 1.94 bits per heavy atom. The number of hydrogen-bond acceptors (Lipinski definition) is 3. The van der Waals surface area contributed by atoms with E-state index in [4.69, 9.17) is 15.6 Å². The number of aliphatic hydroxyl groups excluding tert-OH is 1. The van der Waals surface area contributed by atoms with E-state index < -0.39 is 0 Å². The highest BCUT2D eigenvalue weighted by molar-refractivity contribution is 5.42. The fourth-order valence-corrected chi connectivity index (χ4v) is 2.15. The van der Waals surface area contributed by atoms with Gasteiger partial charge in [-0.1, -0.05) is 6.07 Å². The predicted molar refractivity (Wildman–Crippen MR) is 75.0 cm³/mol. The maximum absolute atomic E-state index is 8.79. The number of nitrogens with two attached hydrogens (primary N) is 1. The second kappa shape index (κ2) is 7.39. The molecule has 1 aromatic rings. The largest absolute Gasteiger partial charge is 0.494 e. The van der Waals surface area contributed by atoms with Crippen LogP contribution in [0.2, 0.25) is 0 Å². The highest BCUT2D eigenvalue weighted by Gasteiger charge is 2.11. The Hall–Kier alpha value is -1.06. The number of ether oxygens (including phenoxy) is 1. The quantitative estimate of drug-likeness (QED) is 0.733. The van der Waals surface area contributed by atoms with Crippen molar-refractivity contribution in [1.82, 2.24) is 0 Å². The highest BCUT2D eigenvalue weighted by atomic mass is 16.5. The topological polar surface area (TPSA) is 55.5 Å². The van der Waals surface area contributed by atoms with Crippen molar-refractivity contribution in [2.75, 3.05) is 13.2 Å². The molecule has 0 aliphatic heterocycles. The maximum atomic E-state index is 8.79. The number of aryl methyl sites for hydroxylation is 2. The zero-order valence-corrected chi connectivity index (χ0v) is 11.7. The van der Waals surface area contributed by atoms with E-state index in [1.807, 2.05) is 13.8 Å². The van der Waals surface area contributed by atoms with Crippen molar-refractivity contribution in [2.24, 2.45) is 5.73 Å². The van der Waals surface area contributed by atoms with E-state index in [9.17, 15) is 0 Å². The Morgan fingerprint density at radius 1 is 1.22 bits per heavy atom. The van der Waals surface area contributed by atoms with Gasteiger partial charge in [-0.15, -0.1) is 0 Å². The van der Waals surface area contributed by atoms with Crippen LogP contribution in [-0.4, -0.2) is 18.3 Å². The summed E-state index contributed by atoms with van der Waals surface area (Å²) in [5, 5.41) is 8.79. The lowest BCUT2D eigenvalue weighted by atomic mass is 9.95. The molecule has 3 nitrogen and oxygen atoms in total. The van der Waals surface area contributed by atoms with Crippen molar-refractivity contribution in [1.29, 1.82) is 0 Å². The molecule has 0 spiro atoms. The second-order valence-electron chi connectivity index (χ2n) is 4.73. The summed E-state index contributed by atoms with van der Waals surface area (Å²) in [6.45, 7) is 7.04. The SMILES string of the molecule is CCOc1cc(C)c(C(N)CCCCO)cc1C. The van der Waals surface area contributed by atoms with Gasteiger partial charge in [0.25, 0.3) is 0 Å². The molecular weight excluding hydrogens is 226 g/mol. The van der Waals surface area contributed by atoms with Crippen molar-refractivity contribution in [3.8, 4) is 5.75 Å². The van der Waals surface area contributed by atoms with Gasteiger partial charge in [0.1, 0.15) is 5.75 Å². The third-order valence-corrected chi connectivity index (χ3v) is 3.19. The minimum absolute atomic E-state index is 0.0472. The lowest BCUT2D eigenvalue weighted by Crippen LogP contribution is -2.12. The standard InChI is InChI=1S/C15H25NO2/c1-4-18-15-10-11(2)13(9-12(15)3)14(16)7-5-6-8-17/h9-10,14,17H,4-8,16H2,1-3H3. The van der Waals surface area contributed by atoms with Crippen molar-refractivity contribution < 1.29 is 9.84 Å². The van der Waals surface area contributed by atoms with E-state index in [2.05, 4.69) is 19.1 Å². The Labute approximate surface area is 110 Å². The van der Waals surface area contributed by atoms with Crippen LogP contribution >= 0.6 is 0 Å². The molecule has 1 unspecified atom stereocenters. The summed E-state index contributed by atoms with van der Waals surface area (Å²) < 4.78 is 5.58. The predicted octanol–water partition coefficient (Wildman–Crippen LogP) is 2.86. The summed E-state index contributed by atoms with van der Waals surface area (Å²) in [5.74, 6) is 0.946. The number of hydrogen-bond donors (Lipinski definition) is 2. The molecule has 0 bridgehead atoms. The summed E-state index contributed by atoms with van der Waals surface area (Å²) in [6.07, 6.45) is 2.70. The monoisotopic (exact) mass is 251 g/mol. The first kappa shape index (κ1) is 15.0. The number of unbranched alkanes of at least 4 members (excludes halogenated alkanes) is 1. The summed E-state index contributed by atoms with van der Waals surface area (Å²) >= 11 is 0. The number of aliphatic hydroxyl groups is 1. The molecule has 0 aliphatic carbocycles. The van der Waals surface area contributed by atoms with Crippen LogP contribution in [0.5, 0.6) is 5.75 Å². The molecule has 0 heterocycles. The van der Waals surface area contributed by atoms with Crippen LogP contribution < -0.4 is 10.5 Å². The molecule has 0 aromatic heterocycles. The molecule has 1 atom stereocenters. The molecule has 102 valence electrons. The molecule has 0 saturated carbocycles. The Morgan fingerprint density at radius 3 is 2.56 bits per heavy atom. The first-order valence-electron chi connectivity index (χ1n) is 6.70. The second-order valence-corrected chi connectivity index (χ2v) is 4.73. The summed E-state index contributed by atoms with van der Waals surface area (Å²) in [4.78, 5) is 0. The molecule has 18 heavy (non-hydrogen) atoms. The first-order valence-corrected chi connectivity index (χ1v) is 6.70. The third kappa shape index (κ3) is 4.00. The minimum Gasteiger partial charge on any atom is -0.494 e. The molecule has 1 aromatic carbocycles. The number of benzene rings is 1. The molecule has 3 N–H and O–H groups in total. The lowest BCUT2D eigenvalue weighted by molar-refractivity contribution is 0.281. The third-order valence-electron chi connectivity index (χ3n) is 3.19. The number of rotatable bonds is 7. The highest BCUT2D eigenvalue weighted by Crippen LogP contribution is 2.28. The fourth-order valence-electron chi connectivity index (χ4n) is 2.15. The van der Waals surface area contributed by atoms with Gasteiger partial charge >= 0.3 is 0 Å². The van der Waals surface area contributed by atoms with Gasteiger partial charge in [0, 0.05) is 12.6 Å². The van der Waals surface area contributed by atoms with Gasteiger partial charge in [0.05, 0.1) is 6.61 Å². The zero-order chi connectivity index (χ0) is 13.5. The van der Waals surface area contributed by atoms with Gasteiger partial charge in [-0.25, -0.2) is 0 Å². The molecule has 0 fully saturated rings. The lowest BCUT2D eigenvalue weighted by Gasteiger charge is -2.17. The van der Waals surface area contributed by atoms with Crippen LogP contribution in [0.3, 0.4) is 0 Å². The van der Waals surface area contributed by atoms with Crippen molar-refractivity contribution in [3.63, 3.8) is 0 Å². The minimum atomic E-state index is 0.0472. The average molecular weight is 251 g/mol. The van der Waals surface area contributed by atoms with Crippen LogP contribution in [0.25, 0.3) is 0 Å². The fraction of sp³-hybridized carbons (Fsp3) is 0.600. The van der Waals surface area contributed by atoms with Gasteiger partial charge < -0.3 is 15.6 Å². The van der Waals surface area contributed by atoms with Crippen molar-refractivity contribution in [3.05, 3.63) is 28.8 Å². The molecule has 1 rings (SSSR count). The Bertz CT molecular complexity index is 377. The van der Waals surface area contributed by atoms with E-state index in [1.165, 1.54) is 11.1 Å². The van der Waals surface area contributed by atoms with Crippen molar-refractivity contribution in [2.45, 2.75) is 46.1 Å². The van der Waals surface area contributed by atoms with E-state index in [0.717, 1.165) is 30.6 Å². The van der Waals surface area contributed by atoms with Crippen LogP contribution in [0.4, 0.5) is 0 Å². The Kier molecular flexibility index (Phi) is 6.16. The first-order chi connectivity index (χ1) is 8.60. The van der Waals surface area contributed by atoms with Gasteiger partial charge in [0.15, 0.2) is 0 Å². The normalized spacial score (nSPS) is 12.5. The summed E-state index contributed by atoms with van der Waals surface area (Å²) in [5.41, 5.74) is 9.71. The van der Waals surface area contributed by atoms with Crippen LogP contribution in [-0.2, 0) is 0 Å². The zero-order valence-electron chi connectivity index (χ0n) is 11.7. The molecule has 3 heteroatoms. The summed E-state index contributed by atoms with van der Waals surface area (Å²) in [6, 6.07) is 4.25. The van der Waals surface area contributed by atoms with Crippen LogP contribution in [0.15, 0.2) is 12.1 Å². The van der Waals surface area contributed by atoms with E-state index >= 15 is 0 Å². The molecule has 0 amide bonds. The van der Waals surface area contributed by atoms with Gasteiger partial charge in [0.2, 0.25) is 0 Å².